The van der Waals surface area contributed by atoms with Crippen molar-refractivity contribution in [1.29, 1.82) is 0 Å². The van der Waals surface area contributed by atoms with Crippen LogP contribution < -0.4 is 14.9 Å². The van der Waals surface area contributed by atoms with E-state index < -0.39 is 0 Å². The number of hydrogen-bond acceptors (Lipinski definition) is 4. The standard InChI is InChI=1S/C24H21N3O3/c1-29-18-11-12-20-19(13-18)22(16-7-3-2-4-8-16)23(25-20)24(28)26-27-14-17-9-5-6-10-21(17)30-15-27/h2-13,25H,14-15H2,1H3,(H,26,28). The summed E-state index contributed by atoms with van der Waals surface area (Å²) in [7, 11) is 1.64. The van der Waals surface area contributed by atoms with Crippen LogP contribution in [0.5, 0.6) is 11.5 Å². The topological polar surface area (TPSA) is 66.6 Å². The Labute approximate surface area is 174 Å². The van der Waals surface area contributed by atoms with Gasteiger partial charge in [0.25, 0.3) is 5.91 Å². The van der Waals surface area contributed by atoms with Gasteiger partial charge in [0.1, 0.15) is 17.2 Å². The van der Waals surface area contributed by atoms with Crippen molar-refractivity contribution in [3.8, 4) is 22.6 Å². The Morgan fingerprint density at radius 3 is 2.70 bits per heavy atom. The van der Waals surface area contributed by atoms with Gasteiger partial charge in [-0.05, 0) is 29.8 Å². The number of carbonyl (C=O) groups excluding carboxylic acids is 1. The average Bonchev–Trinajstić information content (AvgIpc) is 3.18. The number of H-pyrrole nitrogens is 1. The van der Waals surface area contributed by atoms with Crippen LogP contribution in [0.3, 0.4) is 0 Å². The van der Waals surface area contributed by atoms with E-state index in [1.165, 1.54) is 0 Å². The lowest BCUT2D eigenvalue weighted by molar-refractivity contribution is 0.0389. The SMILES string of the molecule is COc1ccc2[nH]c(C(=O)NN3COc4ccccc4C3)c(-c3ccccc3)c2c1. The van der Waals surface area contributed by atoms with E-state index in [0.29, 0.717) is 12.2 Å². The first-order valence-electron chi connectivity index (χ1n) is 9.74. The molecule has 1 aliphatic rings. The van der Waals surface area contributed by atoms with Gasteiger partial charge in [0, 0.05) is 22.0 Å². The van der Waals surface area contributed by atoms with Crippen molar-refractivity contribution >= 4 is 16.8 Å². The van der Waals surface area contributed by atoms with Gasteiger partial charge in [-0.25, -0.2) is 0 Å². The molecule has 6 heteroatoms. The number of aromatic amines is 1. The number of carbonyl (C=O) groups is 1. The Kier molecular flexibility index (Phi) is 4.61. The number of ether oxygens (including phenoxy) is 2. The number of rotatable bonds is 4. The third-order valence-electron chi connectivity index (χ3n) is 5.26. The van der Waals surface area contributed by atoms with Crippen LogP contribution in [0.2, 0.25) is 0 Å². The predicted octanol–water partition coefficient (Wildman–Crippen LogP) is 4.34. The van der Waals surface area contributed by atoms with E-state index in [1.54, 1.807) is 12.1 Å². The van der Waals surface area contributed by atoms with Crippen molar-refractivity contribution in [2.45, 2.75) is 6.54 Å². The van der Waals surface area contributed by atoms with E-state index >= 15 is 0 Å². The molecule has 0 fully saturated rings. The van der Waals surface area contributed by atoms with Gasteiger partial charge in [-0.15, -0.1) is 0 Å². The molecule has 0 aliphatic carbocycles. The van der Waals surface area contributed by atoms with Crippen molar-refractivity contribution < 1.29 is 14.3 Å². The first-order valence-corrected chi connectivity index (χ1v) is 9.74. The number of aromatic nitrogens is 1. The Bertz CT molecular complexity index is 1220. The lowest BCUT2D eigenvalue weighted by Crippen LogP contribution is -2.46. The predicted molar refractivity (Wildman–Crippen MR) is 115 cm³/mol. The quantitative estimate of drug-likeness (QED) is 0.536. The smallest absolute Gasteiger partial charge is 0.282 e. The van der Waals surface area contributed by atoms with E-state index in [9.17, 15) is 4.79 Å². The van der Waals surface area contributed by atoms with E-state index in [2.05, 4.69) is 10.4 Å². The molecule has 2 N–H and O–H groups in total. The molecule has 0 saturated carbocycles. The minimum absolute atomic E-state index is 0.216. The van der Waals surface area contributed by atoms with Crippen LogP contribution in [0.25, 0.3) is 22.0 Å². The van der Waals surface area contributed by atoms with Gasteiger partial charge in [0.05, 0.1) is 13.7 Å². The number of hydrogen-bond donors (Lipinski definition) is 2. The third kappa shape index (κ3) is 3.27. The summed E-state index contributed by atoms with van der Waals surface area (Å²) in [4.78, 5) is 16.6. The van der Waals surface area contributed by atoms with Crippen molar-refractivity contribution in [2.75, 3.05) is 13.8 Å². The molecule has 2 heterocycles. The highest BCUT2D eigenvalue weighted by Crippen LogP contribution is 2.34. The fourth-order valence-electron chi connectivity index (χ4n) is 3.82. The van der Waals surface area contributed by atoms with E-state index in [-0.39, 0.29) is 12.6 Å². The summed E-state index contributed by atoms with van der Waals surface area (Å²) in [6.07, 6.45) is 0. The zero-order valence-electron chi connectivity index (χ0n) is 16.5. The van der Waals surface area contributed by atoms with Gasteiger partial charge in [-0.3, -0.25) is 10.2 Å². The van der Waals surface area contributed by atoms with Crippen molar-refractivity contribution in [2.24, 2.45) is 0 Å². The first-order chi connectivity index (χ1) is 14.7. The van der Waals surface area contributed by atoms with Crippen LogP contribution in [-0.4, -0.2) is 29.7 Å². The third-order valence-corrected chi connectivity index (χ3v) is 5.26. The van der Waals surface area contributed by atoms with Crippen molar-refractivity contribution in [1.82, 2.24) is 15.4 Å². The summed E-state index contributed by atoms with van der Waals surface area (Å²) in [5.41, 5.74) is 7.20. The summed E-state index contributed by atoms with van der Waals surface area (Å²) in [6, 6.07) is 23.5. The number of benzene rings is 3. The van der Waals surface area contributed by atoms with Gasteiger partial charge in [0.15, 0.2) is 6.73 Å². The van der Waals surface area contributed by atoms with Crippen molar-refractivity contribution in [3.63, 3.8) is 0 Å². The molecular weight excluding hydrogens is 378 g/mol. The van der Waals surface area contributed by atoms with Crippen LogP contribution >= 0.6 is 0 Å². The van der Waals surface area contributed by atoms with Crippen LogP contribution in [0, 0.1) is 0 Å². The minimum atomic E-state index is -0.216. The number of nitrogens with zero attached hydrogens (tertiary/aromatic N) is 1. The molecule has 0 radical (unpaired) electrons. The molecule has 0 atom stereocenters. The second-order valence-electron chi connectivity index (χ2n) is 7.17. The van der Waals surface area contributed by atoms with Crippen LogP contribution in [0.15, 0.2) is 72.8 Å². The van der Waals surface area contributed by atoms with Crippen LogP contribution in [-0.2, 0) is 6.54 Å². The Morgan fingerprint density at radius 1 is 1.07 bits per heavy atom. The van der Waals surface area contributed by atoms with Gasteiger partial charge >= 0.3 is 0 Å². The highest BCUT2D eigenvalue weighted by Gasteiger charge is 2.23. The molecule has 1 aromatic heterocycles. The Hall–Kier alpha value is -3.77. The second kappa shape index (κ2) is 7.57. The van der Waals surface area contributed by atoms with E-state index in [4.69, 9.17) is 9.47 Å². The number of para-hydroxylation sites is 1. The van der Waals surface area contributed by atoms with E-state index in [0.717, 1.165) is 39.1 Å². The fraction of sp³-hybridized carbons (Fsp3) is 0.125. The van der Waals surface area contributed by atoms with Gasteiger partial charge in [0.2, 0.25) is 0 Å². The maximum absolute atomic E-state index is 13.3. The number of fused-ring (bicyclic) bond motifs is 2. The molecule has 3 aromatic carbocycles. The maximum atomic E-state index is 13.3. The minimum Gasteiger partial charge on any atom is -0.497 e. The molecule has 4 aromatic rings. The van der Waals surface area contributed by atoms with Gasteiger partial charge < -0.3 is 14.5 Å². The summed E-state index contributed by atoms with van der Waals surface area (Å²) >= 11 is 0. The summed E-state index contributed by atoms with van der Waals surface area (Å²) in [5, 5.41) is 2.71. The highest BCUT2D eigenvalue weighted by molar-refractivity contribution is 6.09. The highest BCUT2D eigenvalue weighted by atomic mass is 16.5. The zero-order chi connectivity index (χ0) is 20.5. The van der Waals surface area contributed by atoms with Gasteiger partial charge in [-0.1, -0.05) is 48.5 Å². The molecule has 0 saturated heterocycles. The maximum Gasteiger partial charge on any atom is 0.282 e. The zero-order valence-corrected chi connectivity index (χ0v) is 16.5. The number of methoxy groups -OCH3 is 1. The fourth-order valence-corrected chi connectivity index (χ4v) is 3.82. The molecule has 0 unspecified atom stereocenters. The monoisotopic (exact) mass is 399 g/mol. The molecule has 1 aliphatic heterocycles. The lowest BCUT2D eigenvalue weighted by Gasteiger charge is -2.28. The molecule has 150 valence electrons. The molecule has 0 bridgehead atoms. The molecule has 0 spiro atoms. The number of amides is 1. The molecule has 1 amide bonds. The lowest BCUT2D eigenvalue weighted by atomic mass is 10.0. The summed E-state index contributed by atoms with van der Waals surface area (Å²) < 4.78 is 11.2. The largest absolute Gasteiger partial charge is 0.497 e. The van der Waals surface area contributed by atoms with Crippen LogP contribution in [0.1, 0.15) is 16.1 Å². The normalized spacial score (nSPS) is 13.5. The summed E-state index contributed by atoms with van der Waals surface area (Å²) in [5.74, 6) is 1.38. The Morgan fingerprint density at radius 2 is 1.87 bits per heavy atom. The average molecular weight is 399 g/mol. The van der Waals surface area contributed by atoms with E-state index in [1.807, 2.05) is 72.8 Å². The van der Waals surface area contributed by atoms with Crippen molar-refractivity contribution in [3.05, 3.63) is 84.1 Å². The first kappa shape index (κ1) is 18.3. The second-order valence-corrected chi connectivity index (χ2v) is 7.17. The molecule has 5 rings (SSSR count). The number of nitrogens with one attached hydrogen (secondary N) is 2. The van der Waals surface area contributed by atoms with Crippen LogP contribution in [0.4, 0.5) is 0 Å². The molecule has 6 nitrogen and oxygen atoms in total. The number of hydrazine groups is 1. The molecular formula is C24H21N3O3. The van der Waals surface area contributed by atoms with Gasteiger partial charge in [-0.2, -0.15) is 5.01 Å². The molecule has 30 heavy (non-hydrogen) atoms. The summed E-state index contributed by atoms with van der Waals surface area (Å²) in [6.45, 7) is 0.869. The Balaban J connectivity index is 1.51.